The van der Waals surface area contributed by atoms with Crippen molar-refractivity contribution in [1.82, 2.24) is 20.8 Å². The van der Waals surface area contributed by atoms with Crippen LogP contribution in [0, 0.1) is 0 Å². The van der Waals surface area contributed by atoms with Gasteiger partial charge in [0.2, 0.25) is 5.89 Å². The Bertz CT molecular complexity index is 1290. The van der Waals surface area contributed by atoms with Crippen molar-refractivity contribution in [3.63, 3.8) is 0 Å². The number of urea groups is 1. The van der Waals surface area contributed by atoms with Gasteiger partial charge >= 0.3 is 18.0 Å². The van der Waals surface area contributed by atoms with Crippen molar-refractivity contribution in [1.29, 1.82) is 0 Å². The topological polar surface area (TPSA) is 134 Å². The maximum Gasteiger partial charge on any atom is 0.434 e. The monoisotopic (exact) mass is 554 g/mol. The van der Waals surface area contributed by atoms with Crippen LogP contribution in [-0.2, 0) is 4.74 Å². The third-order valence-electron chi connectivity index (χ3n) is 6.71. The number of alkyl halides is 3. The molecule has 2 unspecified atom stereocenters. The van der Waals surface area contributed by atoms with Gasteiger partial charge in [0.1, 0.15) is 5.84 Å². The molecule has 0 saturated heterocycles. The molecule has 3 aliphatic rings. The predicted molar refractivity (Wildman–Crippen MR) is 137 cm³/mol. The fourth-order valence-electron chi connectivity index (χ4n) is 4.65. The summed E-state index contributed by atoms with van der Waals surface area (Å²) in [5, 5.41) is 11.6. The summed E-state index contributed by atoms with van der Waals surface area (Å²) in [6, 6.07) is -0.402. The SMILES string of the molecule is CCNC(=O)NC1=NCC(C2=CN=CC(c3n[nH]c(=O)o3)C2)=C(C2=C(CC)CC(OC)(C(F)(F)F)CS2)C1. The van der Waals surface area contributed by atoms with Crippen LogP contribution in [0.4, 0.5) is 18.0 Å². The third kappa shape index (κ3) is 5.65. The molecule has 0 spiro atoms. The second kappa shape index (κ2) is 11.3. The highest BCUT2D eigenvalue weighted by Crippen LogP contribution is 2.51. The average Bonchev–Trinajstić information content (AvgIpc) is 3.34. The Morgan fingerprint density at radius 2 is 2.13 bits per heavy atom. The number of hydrogen-bond acceptors (Lipinski definition) is 8. The van der Waals surface area contributed by atoms with Crippen LogP contribution in [0.1, 0.15) is 51.3 Å². The Morgan fingerprint density at radius 1 is 1.34 bits per heavy atom. The molecule has 2 atom stereocenters. The van der Waals surface area contributed by atoms with E-state index in [1.165, 1.54) is 0 Å². The van der Waals surface area contributed by atoms with Crippen molar-refractivity contribution in [2.75, 3.05) is 26.0 Å². The molecule has 0 radical (unpaired) electrons. The van der Waals surface area contributed by atoms with Crippen LogP contribution >= 0.6 is 11.8 Å². The number of aromatic nitrogens is 2. The van der Waals surface area contributed by atoms with Gasteiger partial charge in [-0.1, -0.05) is 12.5 Å². The number of amidine groups is 1. The van der Waals surface area contributed by atoms with E-state index in [0.29, 0.717) is 30.8 Å². The lowest BCUT2D eigenvalue weighted by Gasteiger charge is -2.40. The van der Waals surface area contributed by atoms with E-state index in [4.69, 9.17) is 9.15 Å². The van der Waals surface area contributed by atoms with Crippen molar-refractivity contribution in [3.05, 3.63) is 49.8 Å². The van der Waals surface area contributed by atoms with Gasteiger partial charge in [0.15, 0.2) is 5.60 Å². The number of amides is 2. The lowest BCUT2D eigenvalue weighted by atomic mass is 9.85. The lowest BCUT2D eigenvalue weighted by molar-refractivity contribution is -0.260. The molecule has 0 aliphatic carbocycles. The minimum atomic E-state index is -4.53. The second-order valence-corrected chi connectivity index (χ2v) is 10.0. The minimum absolute atomic E-state index is 0.194. The van der Waals surface area contributed by atoms with Crippen LogP contribution in [0.2, 0.25) is 0 Å². The van der Waals surface area contributed by atoms with E-state index in [2.05, 4.69) is 30.8 Å². The van der Waals surface area contributed by atoms with Gasteiger partial charge in [0.25, 0.3) is 0 Å². The van der Waals surface area contributed by atoms with Crippen LogP contribution in [0.3, 0.4) is 0 Å². The van der Waals surface area contributed by atoms with E-state index in [1.54, 1.807) is 19.3 Å². The number of allylic oxidation sites excluding steroid dienone is 1. The molecule has 38 heavy (non-hydrogen) atoms. The molecule has 2 amide bonds. The van der Waals surface area contributed by atoms with Crippen molar-refractivity contribution < 1.29 is 27.1 Å². The number of H-pyrrole nitrogens is 1. The molecule has 0 bridgehead atoms. The predicted octanol–water partition coefficient (Wildman–Crippen LogP) is 3.97. The zero-order valence-corrected chi connectivity index (χ0v) is 22.0. The van der Waals surface area contributed by atoms with Crippen LogP contribution in [-0.4, -0.2) is 66.0 Å². The van der Waals surface area contributed by atoms with Crippen LogP contribution in [0.25, 0.3) is 0 Å². The summed E-state index contributed by atoms with van der Waals surface area (Å²) in [7, 11) is 1.09. The molecule has 0 saturated carbocycles. The van der Waals surface area contributed by atoms with Crippen molar-refractivity contribution in [2.24, 2.45) is 9.98 Å². The zero-order valence-electron chi connectivity index (χ0n) is 21.2. The summed E-state index contributed by atoms with van der Waals surface area (Å²) in [6.07, 6.45) is -0.463. The summed E-state index contributed by atoms with van der Waals surface area (Å²) in [5.74, 6) is -0.744. The van der Waals surface area contributed by atoms with Gasteiger partial charge in [-0.2, -0.15) is 13.2 Å². The Morgan fingerprint density at radius 3 is 2.76 bits per heavy atom. The number of rotatable bonds is 6. The first-order chi connectivity index (χ1) is 18.1. The number of thioether (sulfide) groups is 1. The number of halogens is 3. The summed E-state index contributed by atoms with van der Waals surface area (Å²) in [6.45, 7) is 4.24. The highest BCUT2D eigenvalue weighted by atomic mass is 32.2. The molecule has 1 aromatic rings. The van der Waals surface area contributed by atoms with Gasteiger partial charge in [-0.15, -0.1) is 16.9 Å². The largest absolute Gasteiger partial charge is 0.434 e. The van der Waals surface area contributed by atoms with Gasteiger partial charge < -0.3 is 14.5 Å². The van der Waals surface area contributed by atoms with Gasteiger partial charge in [0, 0.05) is 49.6 Å². The first kappa shape index (κ1) is 27.9. The van der Waals surface area contributed by atoms with E-state index in [1.807, 2.05) is 6.92 Å². The van der Waals surface area contributed by atoms with E-state index < -0.39 is 29.5 Å². The number of methoxy groups -OCH3 is 1. The highest BCUT2D eigenvalue weighted by Gasteiger charge is 2.57. The Labute approximate surface area is 221 Å². The Kier molecular flexibility index (Phi) is 8.31. The molecule has 0 fully saturated rings. The molecular formula is C24H29F3N6O4S. The number of aromatic amines is 1. The van der Waals surface area contributed by atoms with E-state index in [-0.39, 0.29) is 31.0 Å². The number of hydrogen-bond donors (Lipinski definition) is 3. The van der Waals surface area contributed by atoms with Crippen LogP contribution in [0.15, 0.2) is 52.6 Å². The third-order valence-corrected chi connectivity index (χ3v) is 8.14. The highest BCUT2D eigenvalue weighted by molar-refractivity contribution is 8.03. The van der Waals surface area contributed by atoms with E-state index in [9.17, 15) is 22.8 Å². The maximum absolute atomic E-state index is 14.0. The molecule has 3 N–H and O–H groups in total. The van der Waals surface area contributed by atoms with Crippen LogP contribution in [0.5, 0.6) is 0 Å². The fourth-order valence-corrected chi connectivity index (χ4v) is 6.20. The summed E-state index contributed by atoms with van der Waals surface area (Å²) in [5.41, 5.74) is 0.779. The number of carbonyl (C=O) groups is 1. The van der Waals surface area contributed by atoms with Gasteiger partial charge in [0.05, 0.1) is 12.5 Å². The smallest absolute Gasteiger partial charge is 0.392 e. The number of aliphatic imine (C=N–C) groups is 2. The summed E-state index contributed by atoms with van der Waals surface area (Å²) in [4.78, 5) is 33.3. The molecule has 0 aromatic carbocycles. The molecule has 4 heterocycles. The first-order valence-corrected chi connectivity index (χ1v) is 13.1. The molecule has 14 heteroatoms. The number of carbonyl (C=O) groups excluding carboxylic acids is 1. The Balaban J connectivity index is 1.73. The molecule has 4 rings (SSSR count). The average molecular weight is 555 g/mol. The first-order valence-electron chi connectivity index (χ1n) is 12.2. The molecular weight excluding hydrogens is 525 g/mol. The zero-order chi connectivity index (χ0) is 27.5. The quantitative estimate of drug-likeness (QED) is 0.487. The van der Waals surface area contributed by atoms with E-state index >= 15 is 0 Å². The number of nitrogens with zero attached hydrogens (tertiary/aromatic N) is 3. The molecule has 3 aliphatic heterocycles. The minimum Gasteiger partial charge on any atom is -0.392 e. The van der Waals surface area contributed by atoms with E-state index in [0.717, 1.165) is 40.5 Å². The second-order valence-electron chi connectivity index (χ2n) is 9.04. The normalized spacial score (nSPS) is 24.3. The van der Waals surface area contributed by atoms with Crippen molar-refractivity contribution >= 4 is 29.8 Å². The summed E-state index contributed by atoms with van der Waals surface area (Å²) >= 11 is 1.11. The van der Waals surface area contributed by atoms with Gasteiger partial charge in [-0.05, 0) is 36.5 Å². The standard InChI is InChI=1S/C24H29F3N6O4S/c1-4-13-8-23(36-3,24(25,26)27)12-38-19(13)16-7-18(31-21(34)29-5-2)30-11-17(16)14-6-15(10-28-9-14)20-32-33-22(35)37-20/h9-10,15H,4-8,11-12H2,1-3H3,(H,33,35)(H2,29,30,31,34). The number of dihydropyridines is 1. The van der Waals surface area contributed by atoms with Crippen LogP contribution < -0.4 is 16.4 Å². The Hall–Kier alpha value is -3.13. The van der Waals surface area contributed by atoms with Gasteiger partial charge in [-0.3, -0.25) is 15.3 Å². The fraction of sp³-hybridized carbons (Fsp3) is 0.542. The summed E-state index contributed by atoms with van der Waals surface area (Å²) < 4.78 is 52.2. The molecule has 1 aromatic heterocycles. The van der Waals surface area contributed by atoms with Crippen molar-refractivity contribution in [2.45, 2.75) is 57.2 Å². The number of ether oxygens (including phenoxy) is 1. The molecule has 10 nitrogen and oxygen atoms in total. The lowest BCUT2D eigenvalue weighted by Crippen LogP contribution is -2.51. The maximum atomic E-state index is 14.0. The molecule has 206 valence electrons. The van der Waals surface area contributed by atoms with Gasteiger partial charge in [-0.25, -0.2) is 14.7 Å². The van der Waals surface area contributed by atoms with Crippen molar-refractivity contribution in [3.8, 4) is 0 Å². The number of nitrogens with one attached hydrogen (secondary N) is 3.